The third-order valence-corrected chi connectivity index (χ3v) is 2.89. The first kappa shape index (κ1) is 9.62. The quantitative estimate of drug-likeness (QED) is 0.724. The number of rotatable bonds is 1. The zero-order valence-electron chi connectivity index (χ0n) is 8.56. The SMILES string of the molecule is CN1CC(N)CCC1c1ccccn1. The predicted octanol–water partition coefficient (Wildman–Crippen LogP) is 1.18. The molecule has 1 aromatic heterocycles. The van der Waals surface area contributed by atoms with Gasteiger partial charge < -0.3 is 5.73 Å². The van der Waals surface area contributed by atoms with Gasteiger partial charge in [0.2, 0.25) is 0 Å². The third-order valence-electron chi connectivity index (χ3n) is 2.89. The highest BCUT2D eigenvalue weighted by Crippen LogP contribution is 2.27. The van der Waals surface area contributed by atoms with Crippen LogP contribution < -0.4 is 5.73 Å². The zero-order valence-corrected chi connectivity index (χ0v) is 8.56. The number of likely N-dealkylation sites (N-methyl/N-ethyl adjacent to an activating group) is 1. The second kappa shape index (κ2) is 4.07. The van der Waals surface area contributed by atoms with Gasteiger partial charge in [0.15, 0.2) is 0 Å². The number of aromatic nitrogens is 1. The lowest BCUT2D eigenvalue weighted by atomic mass is 9.97. The molecule has 1 saturated heterocycles. The van der Waals surface area contributed by atoms with E-state index in [1.54, 1.807) is 0 Å². The molecule has 0 radical (unpaired) electrons. The fourth-order valence-electron chi connectivity index (χ4n) is 2.13. The van der Waals surface area contributed by atoms with Crippen LogP contribution in [0.1, 0.15) is 24.6 Å². The molecule has 2 heterocycles. The molecule has 1 aliphatic rings. The summed E-state index contributed by atoms with van der Waals surface area (Å²) in [6, 6.07) is 6.89. The van der Waals surface area contributed by atoms with E-state index in [1.165, 1.54) is 5.69 Å². The fraction of sp³-hybridized carbons (Fsp3) is 0.545. The summed E-state index contributed by atoms with van der Waals surface area (Å²) in [5, 5.41) is 0. The summed E-state index contributed by atoms with van der Waals surface area (Å²) in [6.45, 7) is 0.973. The Bertz CT molecular complexity index is 286. The van der Waals surface area contributed by atoms with Crippen molar-refractivity contribution in [3.8, 4) is 0 Å². The van der Waals surface area contributed by atoms with Crippen LogP contribution in [0.3, 0.4) is 0 Å². The molecule has 76 valence electrons. The minimum atomic E-state index is 0.333. The number of hydrogen-bond acceptors (Lipinski definition) is 3. The molecule has 2 N–H and O–H groups in total. The molecule has 0 amide bonds. The monoisotopic (exact) mass is 191 g/mol. The molecule has 3 nitrogen and oxygen atoms in total. The summed E-state index contributed by atoms with van der Waals surface area (Å²) in [5.41, 5.74) is 7.07. The molecule has 0 bridgehead atoms. The zero-order chi connectivity index (χ0) is 9.97. The van der Waals surface area contributed by atoms with Gasteiger partial charge in [-0.3, -0.25) is 9.88 Å². The number of likely N-dealkylation sites (tertiary alicyclic amines) is 1. The Hall–Kier alpha value is -0.930. The van der Waals surface area contributed by atoms with Gasteiger partial charge in [-0.05, 0) is 32.0 Å². The van der Waals surface area contributed by atoms with Crippen molar-refractivity contribution in [3.05, 3.63) is 30.1 Å². The lowest BCUT2D eigenvalue weighted by molar-refractivity contribution is 0.166. The molecule has 1 aromatic rings. The average Bonchev–Trinajstić information content (AvgIpc) is 2.19. The van der Waals surface area contributed by atoms with Crippen LogP contribution >= 0.6 is 0 Å². The molecule has 2 unspecified atom stereocenters. The Kier molecular flexibility index (Phi) is 2.79. The number of hydrogen-bond donors (Lipinski definition) is 1. The van der Waals surface area contributed by atoms with E-state index in [2.05, 4.69) is 23.0 Å². The van der Waals surface area contributed by atoms with E-state index < -0.39 is 0 Å². The van der Waals surface area contributed by atoms with Crippen molar-refractivity contribution >= 4 is 0 Å². The maximum atomic E-state index is 5.90. The molecule has 2 atom stereocenters. The number of nitrogens with two attached hydrogens (primary N) is 1. The Balaban J connectivity index is 2.12. The minimum Gasteiger partial charge on any atom is -0.327 e. The van der Waals surface area contributed by atoms with Crippen LogP contribution in [0.15, 0.2) is 24.4 Å². The van der Waals surface area contributed by atoms with Crippen LogP contribution in [-0.4, -0.2) is 29.5 Å². The summed E-state index contributed by atoms with van der Waals surface area (Å²) in [6.07, 6.45) is 4.08. The van der Waals surface area contributed by atoms with Crippen molar-refractivity contribution in [1.82, 2.24) is 9.88 Å². The number of pyridine rings is 1. The Labute approximate surface area is 84.9 Å². The van der Waals surface area contributed by atoms with Crippen molar-refractivity contribution in [3.63, 3.8) is 0 Å². The van der Waals surface area contributed by atoms with E-state index in [1.807, 2.05) is 18.3 Å². The van der Waals surface area contributed by atoms with Crippen LogP contribution in [0.5, 0.6) is 0 Å². The van der Waals surface area contributed by atoms with Gasteiger partial charge in [-0.1, -0.05) is 6.07 Å². The highest BCUT2D eigenvalue weighted by Gasteiger charge is 2.25. The van der Waals surface area contributed by atoms with E-state index in [0.29, 0.717) is 12.1 Å². The summed E-state index contributed by atoms with van der Waals surface area (Å²) >= 11 is 0. The molecule has 0 spiro atoms. The second-order valence-corrected chi connectivity index (χ2v) is 4.05. The van der Waals surface area contributed by atoms with Gasteiger partial charge in [-0.25, -0.2) is 0 Å². The number of piperidine rings is 1. The maximum Gasteiger partial charge on any atom is 0.0575 e. The summed E-state index contributed by atoms with van der Waals surface area (Å²) in [5.74, 6) is 0. The highest BCUT2D eigenvalue weighted by atomic mass is 15.2. The van der Waals surface area contributed by atoms with Crippen LogP contribution in [0, 0.1) is 0 Å². The lowest BCUT2D eigenvalue weighted by Crippen LogP contribution is -2.42. The van der Waals surface area contributed by atoms with Gasteiger partial charge >= 0.3 is 0 Å². The maximum absolute atomic E-state index is 5.90. The molecular formula is C11H17N3. The van der Waals surface area contributed by atoms with Gasteiger partial charge in [-0.15, -0.1) is 0 Å². The standard InChI is InChI=1S/C11H17N3/c1-14-8-9(12)5-6-11(14)10-4-2-3-7-13-10/h2-4,7,9,11H,5-6,8,12H2,1H3. The van der Waals surface area contributed by atoms with Crippen molar-refractivity contribution in [1.29, 1.82) is 0 Å². The first-order chi connectivity index (χ1) is 6.77. The second-order valence-electron chi connectivity index (χ2n) is 4.05. The number of nitrogens with zero attached hydrogens (tertiary/aromatic N) is 2. The first-order valence-corrected chi connectivity index (χ1v) is 5.14. The Morgan fingerprint density at radius 3 is 2.93 bits per heavy atom. The van der Waals surface area contributed by atoms with Gasteiger partial charge in [-0.2, -0.15) is 0 Å². The minimum absolute atomic E-state index is 0.333. The van der Waals surface area contributed by atoms with E-state index in [-0.39, 0.29) is 0 Å². The Morgan fingerprint density at radius 2 is 2.29 bits per heavy atom. The van der Waals surface area contributed by atoms with Gasteiger partial charge in [0, 0.05) is 18.8 Å². The topological polar surface area (TPSA) is 42.1 Å². The van der Waals surface area contributed by atoms with Crippen LogP contribution in [0.25, 0.3) is 0 Å². The Morgan fingerprint density at radius 1 is 1.43 bits per heavy atom. The largest absolute Gasteiger partial charge is 0.327 e. The summed E-state index contributed by atoms with van der Waals surface area (Å²) in [7, 11) is 2.12. The molecular weight excluding hydrogens is 174 g/mol. The van der Waals surface area contributed by atoms with Gasteiger partial charge in [0.25, 0.3) is 0 Å². The van der Waals surface area contributed by atoms with Crippen LogP contribution in [-0.2, 0) is 0 Å². The predicted molar refractivity (Wildman–Crippen MR) is 56.8 cm³/mol. The molecule has 3 heteroatoms. The smallest absolute Gasteiger partial charge is 0.0575 e. The van der Waals surface area contributed by atoms with Crippen molar-refractivity contribution in [2.24, 2.45) is 5.73 Å². The van der Waals surface area contributed by atoms with Crippen molar-refractivity contribution in [2.75, 3.05) is 13.6 Å². The molecule has 0 aliphatic carbocycles. The van der Waals surface area contributed by atoms with Crippen LogP contribution in [0.4, 0.5) is 0 Å². The lowest BCUT2D eigenvalue weighted by Gasteiger charge is -2.35. The van der Waals surface area contributed by atoms with Gasteiger partial charge in [0.1, 0.15) is 0 Å². The summed E-state index contributed by atoms with van der Waals surface area (Å²) in [4.78, 5) is 6.70. The molecule has 0 saturated carbocycles. The highest BCUT2D eigenvalue weighted by molar-refractivity contribution is 5.09. The molecule has 14 heavy (non-hydrogen) atoms. The molecule has 1 fully saturated rings. The van der Waals surface area contributed by atoms with E-state index in [9.17, 15) is 0 Å². The van der Waals surface area contributed by atoms with Gasteiger partial charge in [0.05, 0.1) is 11.7 Å². The third kappa shape index (κ3) is 1.94. The van der Waals surface area contributed by atoms with Crippen molar-refractivity contribution in [2.45, 2.75) is 24.9 Å². The van der Waals surface area contributed by atoms with Crippen LogP contribution in [0.2, 0.25) is 0 Å². The fourth-order valence-corrected chi connectivity index (χ4v) is 2.13. The molecule has 0 aromatic carbocycles. The average molecular weight is 191 g/mol. The van der Waals surface area contributed by atoms with E-state index in [0.717, 1.165) is 19.4 Å². The molecule has 2 rings (SSSR count). The molecule has 1 aliphatic heterocycles. The van der Waals surface area contributed by atoms with E-state index in [4.69, 9.17) is 5.73 Å². The first-order valence-electron chi connectivity index (χ1n) is 5.14. The van der Waals surface area contributed by atoms with E-state index >= 15 is 0 Å². The normalized spacial score (nSPS) is 29.0. The summed E-state index contributed by atoms with van der Waals surface area (Å²) < 4.78 is 0. The van der Waals surface area contributed by atoms with Crippen molar-refractivity contribution < 1.29 is 0 Å².